The Morgan fingerprint density at radius 3 is 2.84 bits per heavy atom. The lowest BCUT2D eigenvalue weighted by Gasteiger charge is -2.32. The Hall–Kier alpha value is -1.68. The van der Waals surface area contributed by atoms with Crippen molar-refractivity contribution in [2.75, 3.05) is 20.7 Å². The molecule has 1 aliphatic heterocycles. The molecule has 0 saturated heterocycles. The quantitative estimate of drug-likeness (QED) is 0.335. The summed E-state index contributed by atoms with van der Waals surface area (Å²) in [5.41, 5.74) is 2.99. The van der Waals surface area contributed by atoms with Crippen molar-refractivity contribution in [2.45, 2.75) is 70.1 Å². The Labute approximate surface area is 202 Å². The first-order valence-corrected chi connectivity index (χ1v) is 11.1. The van der Waals surface area contributed by atoms with E-state index in [1.54, 1.807) is 7.11 Å². The van der Waals surface area contributed by atoms with E-state index < -0.39 is 0 Å². The number of nitrogens with zero attached hydrogens (tertiary/aromatic N) is 4. The lowest BCUT2D eigenvalue weighted by atomic mass is 9.78. The lowest BCUT2D eigenvalue weighted by molar-refractivity contribution is 0.177. The minimum Gasteiger partial charge on any atom is -0.377 e. The molecule has 1 aromatic heterocycles. The third-order valence-electron chi connectivity index (χ3n) is 6.53. The molecular weight excluding hydrogens is 503 g/mol. The van der Waals surface area contributed by atoms with Gasteiger partial charge in [0.2, 0.25) is 0 Å². The third kappa shape index (κ3) is 5.58. The van der Waals surface area contributed by atoms with Crippen LogP contribution in [-0.4, -0.2) is 47.5 Å². The second kappa shape index (κ2) is 10.8. The average Bonchev–Trinajstić information content (AvgIpc) is 3.38. The topological polar surface area (TPSA) is 76.4 Å². The van der Waals surface area contributed by atoms with Crippen LogP contribution in [0.25, 0.3) is 0 Å². The molecule has 1 saturated carbocycles. The van der Waals surface area contributed by atoms with E-state index in [2.05, 4.69) is 56.9 Å². The Morgan fingerprint density at radius 2 is 2.13 bits per heavy atom. The van der Waals surface area contributed by atoms with Gasteiger partial charge in [-0.3, -0.25) is 4.99 Å². The number of methoxy groups -OCH3 is 1. The second-order valence-corrected chi connectivity index (χ2v) is 8.72. The molecule has 2 heterocycles. The van der Waals surface area contributed by atoms with Gasteiger partial charge in [-0.2, -0.15) is 5.10 Å². The van der Waals surface area contributed by atoms with Crippen molar-refractivity contribution in [1.82, 2.24) is 25.4 Å². The molecule has 1 atom stereocenters. The van der Waals surface area contributed by atoms with E-state index >= 15 is 0 Å². The zero-order chi connectivity index (χ0) is 21.0. The highest BCUT2D eigenvalue weighted by molar-refractivity contribution is 14.0. The number of fused-ring (bicyclic) bond motifs is 1. The molecule has 1 aliphatic carbocycles. The van der Waals surface area contributed by atoms with E-state index in [0.29, 0.717) is 12.6 Å². The number of rotatable bonds is 6. The molecule has 1 unspecified atom stereocenters. The maximum absolute atomic E-state index is 5.17. The van der Waals surface area contributed by atoms with Crippen molar-refractivity contribution >= 4 is 29.9 Å². The van der Waals surface area contributed by atoms with Gasteiger partial charge in [-0.15, -0.1) is 24.0 Å². The monoisotopic (exact) mass is 538 g/mol. The van der Waals surface area contributed by atoms with Gasteiger partial charge in [-0.25, -0.2) is 9.67 Å². The highest BCUT2D eigenvalue weighted by Crippen LogP contribution is 2.40. The number of guanidine groups is 1. The number of ether oxygens (including phenoxy) is 1. The van der Waals surface area contributed by atoms with Gasteiger partial charge in [0.05, 0.1) is 6.54 Å². The minimum atomic E-state index is 0. The Kier molecular flexibility index (Phi) is 8.32. The van der Waals surface area contributed by atoms with Crippen LogP contribution in [0.3, 0.4) is 0 Å². The van der Waals surface area contributed by atoms with Gasteiger partial charge in [0.15, 0.2) is 11.8 Å². The van der Waals surface area contributed by atoms with Gasteiger partial charge in [-0.1, -0.05) is 42.7 Å². The summed E-state index contributed by atoms with van der Waals surface area (Å²) >= 11 is 0. The molecule has 7 nitrogen and oxygen atoms in total. The van der Waals surface area contributed by atoms with E-state index in [9.17, 15) is 0 Å². The van der Waals surface area contributed by atoms with Crippen LogP contribution in [0.1, 0.15) is 54.9 Å². The van der Waals surface area contributed by atoms with Gasteiger partial charge in [0.25, 0.3) is 0 Å². The highest BCUT2D eigenvalue weighted by Gasteiger charge is 2.36. The van der Waals surface area contributed by atoms with E-state index in [4.69, 9.17) is 4.74 Å². The fourth-order valence-corrected chi connectivity index (χ4v) is 4.90. The Bertz CT molecular complexity index is 890. The van der Waals surface area contributed by atoms with Crippen molar-refractivity contribution in [3.05, 3.63) is 47.0 Å². The van der Waals surface area contributed by atoms with Gasteiger partial charge in [0, 0.05) is 38.6 Å². The molecule has 2 aromatic rings. The number of benzene rings is 1. The maximum atomic E-state index is 5.17. The molecule has 2 N–H and O–H groups in total. The summed E-state index contributed by atoms with van der Waals surface area (Å²) in [5.74, 6) is 2.68. The predicted molar refractivity (Wildman–Crippen MR) is 134 cm³/mol. The molecule has 1 aromatic carbocycles. The number of hydrogen-bond acceptors (Lipinski definition) is 4. The number of hydrogen-bond donors (Lipinski definition) is 2. The van der Waals surface area contributed by atoms with Crippen LogP contribution in [0.4, 0.5) is 0 Å². The molecule has 2 aliphatic rings. The number of nitrogens with one attached hydrogen (secondary N) is 2. The van der Waals surface area contributed by atoms with Crippen LogP contribution in [0.5, 0.6) is 0 Å². The standard InChI is InChI=1S/C23H34N6O.HI/c1-17-7-6-8-18(13-17)23(11-4-5-12-23)16-25-22(24-2)26-19-9-10-21-27-20(15-30-3)28-29(21)14-19;/h6-8,13,19H,4-5,9-12,14-16H2,1-3H3,(H2,24,25,26);1H. The SMILES string of the molecule is CN=C(NCC1(c2cccc(C)c2)CCCC1)NC1CCc2nc(COC)nn2C1.I. The Morgan fingerprint density at radius 1 is 1.32 bits per heavy atom. The molecule has 8 heteroatoms. The van der Waals surface area contributed by atoms with Crippen LogP contribution in [-0.2, 0) is 29.7 Å². The van der Waals surface area contributed by atoms with E-state index in [1.165, 1.54) is 36.8 Å². The normalized spacial score (nSPS) is 20.1. The highest BCUT2D eigenvalue weighted by atomic mass is 127. The summed E-state index contributed by atoms with van der Waals surface area (Å²) < 4.78 is 7.17. The van der Waals surface area contributed by atoms with Crippen LogP contribution in [0.15, 0.2) is 29.3 Å². The predicted octanol–water partition coefficient (Wildman–Crippen LogP) is 3.34. The van der Waals surface area contributed by atoms with Gasteiger partial charge >= 0.3 is 0 Å². The molecule has 170 valence electrons. The first-order chi connectivity index (χ1) is 14.6. The number of aromatic nitrogens is 3. The molecule has 0 bridgehead atoms. The van der Waals surface area contributed by atoms with Crippen LogP contribution < -0.4 is 10.6 Å². The number of aliphatic imine (C=N–C) groups is 1. The molecule has 0 amide bonds. The summed E-state index contributed by atoms with van der Waals surface area (Å²) in [7, 11) is 3.53. The van der Waals surface area contributed by atoms with E-state index in [0.717, 1.165) is 43.5 Å². The summed E-state index contributed by atoms with van der Waals surface area (Å²) in [6.45, 7) is 4.35. The first kappa shape index (κ1) is 24.0. The summed E-state index contributed by atoms with van der Waals surface area (Å²) in [6.07, 6.45) is 6.99. The average molecular weight is 538 g/mol. The van der Waals surface area contributed by atoms with E-state index in [-0.39, 0.29) is 29.4 Å². The summed E-state index contributed by atoms with van der Waals surface area (Å²) in [4.78, 5) is 9.07. The minimum absolute atomic E-state index is 0. The first-order valence-electron chi connectivity index (χ1n) is 11.1. The fraction of sp³-hybridized carbons (Fsp3) is 0.609. The molecule has 1 fully saturated rings. The van der Waals surface area contributed by atoms with Crippen LogP contribution >= 0.6 is 24.0 Å². The lowest BCUT2D eigenvalue weighted by Crippen LogP contribution is -2.50. The zero-order valence-electron chi connectivity index (χ0n) is 18.9. The van der Waals surface area contributed by atoms with Crippen molar-refractivity contribution in [2.24, 2.45) is 4.99 Å². The molecule has 0 spiro atoms. The number of halogens is 1. The van der Waals surface area contributed by atoms with Gasteiger partial charge in [-0.05, 0) is 31.7 Å². The zero-order valence-corrected chi connectivity index (χ0v) is 21.2. The smallest absolute Gasteiger partial charge is 0.191 e. The summed E-state index contributed by atoms with van der Waals surface area (Å²) in [5, 5.41) is 11.8. The molecule has 31 heavy (non-hydrogen) atoms. The van der Waals surface area contributed by atoms with E-state index in [1.807, 2.05) is 11.7 Å². The van der Waals surface area contributed by atoms with Crippen molar-refractivity contribution in [3.8, 4) is 0 Å². The van der Waals surface area contributed by atoms with Crippen molar-refractivity contribution in [3.63, 3.8) is 0 Å². The largest absolute Gasteiger partial charge is 0.377 e. The summed E-state index contributed by atoms with van der Waals surface area (Å²) in [6, 6.07) is 9.31. The Balaban J connectivity index is 0.00000272. The number of aryl methyl sites for hydroxylation is 2. The van der Waals surface area contributed by atoms with Crippen molar-refractivity contribution < 1.29 is 4.74 Å². The second-order valence-electron chi connectivity index (χ2n) is 8.72. The third-order valence-corrected chi connectivity index (χ3v) is 6.53. The van der Waals surface area contributed by atoms with Crippen LogP contribution in [0, 0.1) is 6.92 Å². The van der Waals surface area contributed by atoms with Gasteiger partial charge in [0.1, 0.15) is 12.4 Å². The maximum Gasteiger partial charge on any atom is 0.191 e. The van der Waals surface area contributed by atoms with Crippen LogP contribution in [0.2, 0.25) is 0 Å². The van der Waals surface area contributed by atoms with Crippen molar-refractivity contribution in [1.29, 1.82) is 0 Å². The molecule has 4 rings (SSSR count). The fourth-order valence-electron chi connectivity index (χ4n) is 4.90. The molecular formula is C23H35IN6O. The molecule has 0 radical (unpaired) electrons. The van der Waals surface area contributed by atoms with Gasteiger partial charge < -0.3 is 15.4 Å².